The summed E-state index contributed by atoms with van der Waals surface area (Å²) >= 11 is 0. The Morgan fingerprint density at radius 1 is 2.00 bits per heavy atom. The van der Waals surface area contributed by atoms with Gasteiger partial charge in [-0.2, -0.15) is 0 Å². The zero-order valence-electron chi connectivity index (χ0n) is 2.47. The molecule has 0 fully saturated rings. The van der Waals surface area contributed by atoms with Gasteiger partial charge in [0, 0.05) is 0 Å². The molecular formula is C3H2O2. The summed E-state index contributed by atoms with van der Waals surface area (Å²) in [5.41, 5.74) is 0. The van der Waals surface area contributed by atoms with Crippen LogP contribution in [0.1, 0.15) is 0 Å². The van der Waals surface area contributed by atoms with Crippen LogP contribution in [-0.2, 0) is 9.53 Å². The number of carbonyl (C=O) groups excluding carboxylic acids is 1. The Balaban J connectivity index is 2.49. The van der Waals surface area contributed by atoms with Crippen LogP contribution in [0.2, 0.25) is 0 Å². The van der Waals surface area contributed by atoms with Crippen LogP contribution in [0.4, 0.5) is 0 Å². The molecule has 0 saturated carbocycles. The Bertz CT molecular complexity index is 80.1. The normalized spacial score (nSPS) is 15.6. The van der Waals surface area contributed by atoms with Crippen molar-refractivity contribution in [2.45, 2.75) is 0 Å². The van der Waals surface area contributed by atoms with Crippen molar-refractivity contribution >= 4 is 6.29 Å². The molecule has 0 spiro atoms. The average molecular weight is 70.0 g/mol. The van der Waals surface area contributed by atoms with Crippen molar-refractivity contribution in [3.8, 4) is 0 Å². The van der Waals surface area contributed by atoms with Crippen LogP contribution in [0.5, 0.6) is 0 Å². The predicted molar refractivity (Wildman–Crippen MR) is 15.2 cm³/mol. The largest absolute Gasteiger partial charge is 0.454 e. The minimum Gasteiger partial charge on any atom is -0.454 e. The maximum absolute atomic E-state index is 9.37. The maximum Gasteiger partial charge on any atom is 0.201 e. The van der Waals surface area contributed by atoms with E-state index in [1.54, 1.807) is 0 Å². The van der Waals surface area contributed by atoms with E-state index in [4.69, 9.17) is 0 Å². The highest BCUT2D eigenvalue weighted by Gasteiger charge is 2.04. The van der Waals surface area contributed by atoms with Gasteiger partial charge in [0.25, 0.3) is 0 Å². The van der Waals surface area contributed by atoms with Crippen LogP contribution in [0.3, 0.4) is 0 Å². The summed E-state index contributed by atoms with van der Waals surface area (Å²) in [5, 5.41) is 0. The molecule has 0 bridgehead atoms. The molecule has 1 heterocycles. The van der Waals surface area contributed by atoms with Crippen molar-refractivity contribution in [1.82, 2.24) is 0 Å². The van der Waals surface area contributed by atoms with Gasteiger partial charge in [-0.1, -0.05) is 0 Å². The van der Waals surface area contributed by atoms with Gasteiger partial charge in [0.1, 0.15) is 6.26 Å². The number of carbonyl (C=O) groups is 1. The lowest BCUT2D eigenvalue weighted by Crippen LogP contribution is -1.57. The number of rotatable bonds is 1. The molecule has 26 valence electrons. The van der Waals surface area contributed by atoms with Crippen molar-refractivity contribution < 1.29 is 9.53 Å². The van der Waals surface area contributed by atoms with Gasteiger partial charge >= 0.3 is 0 Å². The van der Waals surface area contributed by atoms with Gasteiger partial charge in [-0.25, -0.2) is 0 Å². The van der Waals surface area contributed by atoms with Crippen molar-refractivity contribution in [2.24, 2.45) is 0 Å². The van der Waals surface area contributed by atoms with Gasteiger partial charge in [-0.15, -0.1) is 0 Å². The Hall–Kier alpha value is -0.790. The molecule has 1 aliphatic heterocycles. The van der Waals surface area contributed by atoms with Crippen LogP contribution >= 0.6 is 0 Å². The van der Waals surface area contributed by atoms with Gasteiger partial charge in [-0.3, -0.25) is 4.79 Å². The minimum absolute atomic E-state index is 0.449. The summed E-state index contributed by atoms with van der Waals surface area (Å²) in [4.78, 5) is 9.37. The molecular weight excluding hydrogens is 68.0 g/mol. The highest BCUT2D eigenvalue weighted by atomic mass is 16.5. The fourth-order valence-electron chi connectivity index (χ4n) is 0.0896. The molecule has 0 unspecified atom stereocenters. The number of hydrogen-bond acceptors (Lipinski definition) is 2. The van der Waals surface area contributed by atoms with Crippen LogP contribution in [0.25, 0.3) is 0 Å². The number of allylic oxidation sites excluding steroid dienone is 1. The van der Waals surface area contributed by atoms with Crippen LogP contribution in [0.15, 0.2) is 12.0 Å². The first-order valence-electron chi connectivity index (χ1n) is 1.25. The van der Waals surface area contributed by atoms with E-state index in [9.17, 15) is 4.79 Å². The second-order valence-electron chi connectivity index (χ2n) is 0.756. The molecule has 0 aromatic rings. The van der Waals surface area contributed by atoms with E-state index < -0.39 is 0 Å². The van der Waals surface area contributed by atoms with Crippen molar-refractivity contribution in [3.05, 3.63) is 12.0 Å². The SMILES string of the molecule is O=CC1=CO1. The highest BCUT2D eigenvalue weighted by molar-refractivity contribution is 5.73. The van der Waals surface area contributed by atoms with E-state index >= 15 is 0 Å². The second-order valence-corrected chi connectivity index (χ2v) is 0.756. The number of aldehydes is 1. The summed E-state index contributed by atoms with van der Waals surface area (Å²) in [6, 6.07) is 0. The van der Waals surface area contributed by atoms with E-state index in [2.05, 4.69) is 4.74 Å². The fraction of sp³-hybridized carbons (Fsp3) is 0. The van der Waals surface area contributed by atoms with Gasteiger partial charge < -0.3 is 4.74 Å². The first-order chi connectivity index (χ1) is 2.43. The zero-order valence-corrected chi connectivity index (χ0v) is 2.47. The monoisotopic (exact) mass is 70.0 g/mol. The highest BCUT2D eigenvalue weighted by Crippen LogP contribution is 2.06. The smallest absolute Gasteiger partial charge is 0.201 e. The topological polar surface area (TPSA) is 29.6 Å². The number of hydrogen-bond donors (Lipinski definition) is 0. The molecule has 0 aliphatic carbocycles. The van der Waals surface area contributed by atoms with E-state index in [1.807, 2.05) is 0 Å². The third kappa shape index (κ3) is 0.265. The summed E-state index contributed by atoms with van der Waals surface area (Å²) in [6.07, 6.45) is 2.06. The predicted octanol–water partition coefficient (Wildman–Crippen LogP) is 0.0569. The van der Waals surface area contributed by atoms with E-state index in [0.717, 1.165) is 0 Å². The van der Waals surface area contributed by atoms with Crippen LogP contribution in [0, 0.1) is 0 Å². The molecule has 0 atom stereocenters. The zero-order chi connectivity index (χ0) is 3.70. The van der Waals surface area contributed by atoms with Crippen molar-refractivity contribution in [2.75, 3.05) is 0 Å². The van der Waals surface area contributed by atoms with E-state index in [0.29, 0.717) is 12.0 Å². The summed E-state index contributed by atoms with van der Waals surface area (Å²) in [6.45, 7) is 0. The van der Waals surface area contributed by atoms with Gasteiger partial charge in [-0.05, 0) is 0 Å². The molecule has 2 nitrogen and oxygen atoms in total. The summed E-state index contributed by atoms with van der Waals surface area (Å²) < 4.78 is 4.28. The second kappa shape index (κ2) is 0.578. The molecule has 0 amide bonds. The lowest BCUT2D eigenvalue weighted by molar-refractivity contribution is -0.105. The van der Waals surface area contributed by atoms with Crippen LogP contribution < -0.4 is 0 Å². The van der Waals surface area contributed by atoms with Crippen molar-refractivity contribution in [1.29, 1.82) is 0 Å². The molecule has 0 radical (unpaired) electrons. The van der Waals surface area contributed by atoms with Crippen molar-refractivity contribution in [3.63, 3.8) is 0 Å². The molecule has 0 aromatic carbocycles. The summed E-state index contributed by atoms with van der Waals surface area (Å²) in [7, 11) is 0. The molecule has 5 heavy (non-hydrogen) atoms. The minimum atomic E-state index is 0.449. The lowest BCUT2D eigenvalue weighted by Gasteiger charge is -1.54. The van der Waals surface area contributed by atoms with E-state index in [1.165, 1.54) is 6.26 Å². The Morgan fingerprint density at radius 3 is 2.60 bits per heavy atom. The Kier molecular flexibility index (Phi) is 0.283. The molecule has 0 N–H and O–H groups in total. The van der Waals surface area contributed by atoms with E-state index in [-0.39, 0.29) is 0 Å². The molecule has 0 saturated heterocycles. The van der Waals surface area contributed by atoms with Gasteiger partial charge in [0.2, 0.25) is 5.76 Å². The number of ether oxygens (including phenoxy) is 1. The maximum atomic E-state index is 9.37. The first-order valence-corrected chi connectivity index (χ1v) is 1.25. The first kappa shape index (κ1) is 2.45. The standard InChI is InChI=1S/C3H2O2/c4-1-3-2-5-3/h1-2H. The fourth-order valence-corrected chi connectivity index (χ4v) is 0.0896. The third-order valence-electron chi connectivity index (χ3n) is 0.370. The van der Waals surface area contributed by atoms with Gasteiger partial charge in [0.15, 0.2) is 6.29 Å². The molecule has 0 aromatic heterocycles. The third-order valence-corrected chi connectivity index (χ3v) is 0.370. The molecule has 1 aliphatic rings. The van der Waals surface area contributed by atoms with Crippen LogP contribution in [-0.4, -0.2) is 6.29 Å². The Labute approximate surface area is 29.0 Å². The quantitative estimate of drug-likeness (QED) is 0.408. The van der Waals surface area contributed by atoms with Gasteiger partial charge in [0.05, 0.1) is 0 Å². The average Bonchev–Trinajstić information content (AvgIpc) is 2.12. The Morgan fingerprint density at radius 2 is 2.60 bits per heavy atom. The molecule has 2 heteroatoms. The molecule has 1 rings (SSSR count). The summed E-state index contributed by atoms with van der Waals surface area (Å²) in [5.74, 6) is 0.449. The lowest BCUT2D eigenvalue weighted by atomic mass is 10.7.